The van der Waals surface area contributed by atoms with Crippen LogP contribution in [0.25, 0.3) is 0 Å². The fourth-order valence-corrected chi connectivity index (χ4v) is 3.79. The standard InChI is InChI=1S/C24H33N3O2/c1-4-5-20-6-8-21(9-7-20)19(2)25-24(28)18-26-14-16-27(17-15-26)22-10-12-23(29-3)13-11-22/h6-13,19H,4-5,14-18H2,1-3H3,(H,25,28)/t19-/m1/s1. The van der Waals surface area contributed by atoms with Gasteiger partial charge in [0.25, 0.3) is 0 Å². The summed E-state index contributed by atoms with van der Waals surface area (Å²) in [6.45, 7) is 8.32. The van der Waals surface area contributed by atoms with E-state index in [1.165, 1.54) is 11.3 Å². The number of hydrogen-bond acceptors (Lipinski definition) is 4. The van der Waals surface area contributed by atoms with Crippen LogP contribution in [0.15, 0.2) is 48.5 Å². The number of rotatable bonds is 8. The molecule has 1 N–H and O–H groups in total. The number of nitrogens with zero attached hydrogens (tertiary/aromatic N) is 2. The molecular formula is C24H33N3O2. The molecule has 2 aromatic rings. The molecule has 0 radical (unpaired) electrons. The second-order valence-corrected chi connectivity index (χ2v) is 7.74. The van der Waals surface area contributed by atoms with Gasteiger partial charge in [0.15, 0.2) is 0 Å². The summed E-state index contributed by atoms with van der Waals surface area (Å²) in [6, 6.07) is 16.8. The van der Waals surface area contributed by atoms with E-state index in [0.717, 1.165) is 50.3 Å². The summed E-state index contributed by atoms with van der Waals surface area (Å²) in [7, 11) is 1.68. The topological polar surface area (TPSA) is 44.8 Å². The van der Waals surface area contributed by atoms with Crippen LogP contribution >= 0.6 is 0 Å². The Morgan fingerprint density at radius 2 is 1.69 bits per heavy atom. The third-order valence-electron chi connectivity index (χ3n) is 5.57. The highest BCUT2D eigenvalue weighted by atomic mass is 16.5. The fraction of sp³-hybridized carbons (Fsp3) is 0.458. The lowest BCUT2D eigenvalue weighted by atomic mass is 10.0. The molecule has 29 heavy (non-hydrogen) atoms. The number of methoxy groups -OCH3 is 1. The van der Waals surface area contributed by atoms with Gasteiger partial charge >= 0.3 is 0 Å². The highest BCUT2D eigenvalue weighted by molar-refractivity contribution is 5.78. The van der Waals surface area contributed by atoms with Gasteiger partial charge < -0.3 is 15.0 Å². The monoisotopic (exact) mass is 395 g/mol. The molecule has 0 aliphatic carbocycles. The number of hydrogen-bond donors (Lipinski definition) is 1. The Bertz CT molecular complexity index is 766. The Balaban J connectivity index is 1.44. The third kappa shape index (κ3) is 5.97. The van der Waals surface area contributed by atoms with E-state index in [4.69, 9.17) is 4.74 Å². The van der Waals surface area contributed by atoms with Crippen LogP contribution in [-0.2, 0) is 11.2 Å². The van der Waals surface area contributed by atoms with Gasteiger partial charge in [0.05, 0.1) is 19.7 Å². The van der Waals surface area contributed by atoms with Crippen LogP contribution in [0.3, 0.4) is 0 Å². The number of carbonyl (C=O) groups is 1. The summed E-state index contributed by atoms with van der Waals surface area (Å²) in [5, 5.41) is 3.14. The van der Waals surface area contributed by atoms with Crippen molar-refractivity contribution in [3.8, 4) is 5.75 Å². The molecule has 0 unspecified atom stereocenters. The van der Waals surface area contributed by atoms with E-state index in [0.29, 0.717) is 6.54 Å². The van der Waals surface area contributed by atoms with Crippen molar-refractivity contribution in [2.24, 2.45) is 0 Å². The van der Waals surface area contributed by atoms with Crippen LogP contribution in [-0.4, -0.2) is 50.6 Å². The van der Waals surface area contributed by atoms with Crippen LogP contribution < -0.4 is 15.0 Å². The van der Waals surface area contributed by atoms with Crippen molar-refractivity contribution in [1.82, 2.24) is 10.2 Å². The molecule has 0 saturated carbocycles. The Labute approximate surface area is 174 Å². The number of amides is 1. The maximum atomic E-state index is 12.5. The number of carbonyl (C=O) groups excluding carboxylic acids is 1. The zero-order valence-electron chi connectivity index (χ0n) is 17.9. The maximum Gasteiger partial charge on any atom is 0.234 e. The number of aryl methyl sites for hydroxylation is 1. The average Bonchev–Trinajstić information content (AvgIpc) is 2.75. The van der Waals surface area contributed by atoms with Gasteiger partial charge in [0.1, 0.15) is 5.75 Å². The molecule has 1 aliphatic heterocycles. The minimum atomic E-state index is 0.0266. The molecule has 0 aromatic heterocycles. The van der Waals surface area contributed by atoms with Crippen LogP contribution in [0.2, 0.25) is 0 Å². The van der Waals surface area contributed by atoms with Gasteiger partial charge in [-0.2, -0.15) is 0 Å². The van der Waals surface area contributed by atoms with Crippen molar-refractivity contribution in [3.05, 3.63) is 59.7 Å². The first-order valence-corrected chi connectivity index (χ1v) is 10.6. The molecule has 156 valence electrons. The Morgan fingerprint density at radius 1 is 1.03 bits per heavy atom. The van der Waals surface area contributed by atoms with Crippen molar-refractivity contribution in [3.63, 3.8) is 0 Å². The first-order chi connectivity index (χ1) is 14.1. The van der Waals surface area contributed by atoms with E-state index >= 15 is 0 Å². The SMILES string of the molecule is CCCc1ccc([C@@H](C)NC(=O)CN2CCN(c3ccc(OC)cc3)CC2)cc1. The second kappa shape index (κ2) is 10.3. The molecule has 1 fully saturated rings. The molecule has 1 saturated heterocycles. The van der Waals surface area contributed by atoms with E-state index in [-0.39, 0.29) is 11.9 Å². The molecule has 5 heteroatoms. The number of piperazine rings is 1. The normalized spacial score (nSPS) is 15.8. The Morgan fingerprint density at radius 3 is 2.28 bits per heavy atom. The molecule has 5 nitrogen and oxygen atoms in total. The van der Waals surface area contributed by atoms with E-state index in [1.807, 2.05) is 19.1 Å². The van der Waals surface area contributed by atoms with Crippen molar-refractivity contribution in [2.45, 2.75) is 32.7 Å². The van der Waals surface area contributed by atoms with Crippen molar-refractivity contribution in [2.75, 3.05) is 44.7 Å². The van der Waals surface area contributed by atoms with Crippen molar-refractivity contribution >= 4 is 11.6 Å². The predicted molar refractivity (Wildman–Crippen MR) is 119 cm³/mol. The lowest BCUT2D eigenvalue weighted by Crippen LogP contribution is -2.49. The molecule has 0 bridgehead atoms. The highest BCUT2D eigenvalue weighted by Gasteiger charge is 2.20. The van der Waals surface area contributed by atoms with Gasteiger partial charge in [0.2, 0.25) is 5.91 Å². The summed E-state index contributed by atoms with van der Waals surface area (Å²) >= 11 is 0. The number of ether oxygens (including phenoxy) is 1. The van der Waals surface area contributed by atoms with E-state index in [9.17, 15) is 4.79 Å². The number of benzene rings is 2. The van der Waals surface area contributed by atoms with Crippen molar-refractivity contribution in [1.29, 1.82) is 0 Å². The van der Waals surface area contributed by atoms with Gasteiger partial charge in [-0.15, -0.1) is 0 Å². The van der Waals surface area contributed by atoms with Crippen LogP contribution in [0, 0.1) is 0 Å². The van der Waals surface area contributed by atoms with Gasteiger partial charge in [0, 0.05) is 31.9 Å². The zero-order chi connectivity index (χ0) is 20.6. The lowest BCUT2D eigenvalue weighted by Gasteiger charge is -2.36. The zero-order valence-corrected chi connectivity index (χ0v) is 17.9. The van der Waals surface area contributed by atoms with Crippen LogP contribution in [0.5, 0.6) is 5.75 Å². The molecule has 2 aromatic carbocycles. The third-order valence-corrected chi connectivity index (χ3v) is 5.57. The molecule has 3 rings (SSSR count). The Hall–Kier alpha value is -2.53. The van der Waals surface area contributed by atoms with E-state index in [1.54, 1.807) is 7.11 Å². The molecule has 1 amide bonds. The van der Waals surface area contributed by atoms with Gasteiger partial charge in [-0.3, -0.25) is 9.69 Å². The average molecular weight is 396 g/mol. The molecular weight excluding hydrogens is 362 g/mol. The van der Waals surface area contributed by atoms with Crippen molar-refractivity contribution < 1.29 is 9.53 Å². The Kier molecular flexibility index (Phi) is 7.53. The number of nitrogens with one attached hydrogen (secondary N) is 1. The van der Waals surface area contributed by atoms with E-state index < -0.39 is 0 Å². The summed E-state index contributed by atoms with van der Waals surface area (Å²) in [5.41, 5.74) is 3.71. The highest BCUT2D eigenvalue weighted by Crippen LogP contribution is 2.20. The fourth-order valence-electron chi connectivity index (χ4n) is 3.79. The summed E-state index contributed by atoms with van der Waals surface area (Å²) in [6.07, 6.45) is 2.25. The smallest absolute Gasteiger partial charge is 0.234 e. The van der Waals surface area contributed by atoms with E-state index in [2.05, 4.69) is 58.4 Å². The lowest BCUT2D eigenvalue weighted by molar-refractivity contribution is -0.123. The van der Waals surface area contributed by atoms with Crippen LogP contribution in [0.4, 0.5) is 5.69 Å². The molecule has 1 atom stereocenters. The quantitative estimate of drug-likeness (QED) is 0.741. The summed E-state index contributed by atoms with van der Waals surface area (Å²) < 4.78 is 5.23. The summed E-state index contributed by atoms with van der Waals surface area (Å²) in [4.78, 5) is 17.1. The molecule has 0 spiro atoms. The summed E-state index contributed by atoms with van der Waals surface area (Å²) in [5.74, 6) is 0.964. The largest absolute Gasteiger partial charge is 0.497 e. The minimum Gasteiger partial charge on any atom is -0.497 e. The minimum absolute atomic E-state index is 0.0266. The first-order valence-electron chi connectivity index (χ1n) is 10.6. The molecule has 1 aliphatic rings. The maximum absolute atomic E-state index is 12.5. The van der Waals surface area contributed by atoms with Crippen LogP contribution in [0.1, 0.15) is 37.4 Å². The number of anilines is 1. The van der Waals surface area contributed by atoms with Gasteiger partial charge in [-0.25, -0.2) is 0 Å². The predicted octanol–water partition coefficient (Wildman–Crippen LogP) is 3.65. The molecule has 1 heterocycles. The second-order valence-electron chi connectivity index (χ2n) is 7.74. The first kappa shape index (κ1) is 21.2. The van der Waals surface area contributed by atoms with Gasteiger partial charge in [-0.1, -0.05) is 37.6 Å². The van der Waals surface area contributed by atoms with Gasteiger partial charge in [-0.05, 0) is 48.7 Å².